The average molecular weight is 690 g/mol. The van der Waals surface area contributed by atoms with Crippen LogP contribution in [0.4, 0.5) is 17.1 Å². The van der Waals surface area contributed by atoms with Crippen molar-refractivity contribution in [1.29, 1.82) is 0 Å². The van der Waals surface area contributed by atoms with Gasteiger partial charge in [0, 0.05) is 36.7 Å². The van der Waals surface area contributed by atoms with Crippen LogP contribution in [0.3, 0.4) is 0 Å². The molecule has 5 rings (SSSR count). The Morgan fingerprint density at radius 1 is 0.583 bits per heavy atom. The van der Waals surface area contributed by atoms with Crippen LogP contribution in [0.1, 0.15) is 30.5 Å². The third kappa shape index (κ3) is 8.83. The Hall–Kier alpha value is -3.74. The molecule has 0 spiro atoms. The molecule has 0 N–H and O–H groups in total. The molecule has 11 heteroatoms. The van der Waals surface area contributed by atoms with Gasteiger partial charge in [-0.15, -0.1) is 0 Å². The molecule has 0 saturated carbocycles. The summed E-state index contributed by atoms with van der Waals surface area (Å²) >= 11 is 0. The van der Waals surface area contributed by atoms with Gasteiger partial charge in [-0.1, -0.05) is 67.2 Å². The van der Waals surface area contributed by atoms with Gasteiger partial charge < -0.3 is 18.9 Å². The zero-order valence-corrected chi connectivity index (χ0v) is 30.7. The topological polar surface area (TPSA) is 121 Å². The van der Waals surface area contributed by atoms with Crippen LogP contribution in [0.25, 0.3) is 12.2 Å². The minimum Gasteiger partial charge on any atom is -0.744 e. The molecule has 0 bridgehead atoms. The minimum atomic E-state index is -4.52. The molecule has 0 amide bonds. The molecule has 0 heterocycles. The Bertz CT molecular complexity index is 2170. The van der Waals surface area contributed by atoms with Crippen molar-refractivity contribution in [2.24, 2.45) is 0 Å². The first kappa shape index (κ1) is 37.1. The summed E-state index contributed by atoms with van der Waals surface area (Å²) in [5.74, 6) is 0. The first-order valence-electron chi connectivity index (χ1n) is 15.0. The van der Waals surface area contributed by atoms with Crippen LogP contribution in [-0.2, 0) is 26.8 Å². The second-order valence-corrected chi connectivity index (χ2v) is 13.7. The maximum atomic E-state index is 11.4. The fraction of sp³-hybridized carbons (Fsp3) is 0.135. The standard InChI is InChI=1S/C37H36N2O6S2.Na/c1-4-38(26-28-8-22-35(23-9-28)46(40,41)42)32-16-12-30(13-17-32)37(29-10-6-27(3)7-11-29)31-14-18-33(19-15-31)39(5-2)34-20-24-36(25-21-34)47(43,44)45;/h6-25H,3-5,26H2,1-2H3,(H,40,41,42)(H,43,44,45);/q;+1/p-2. The Balaban J connectivity index is 0.00000520. The van der Waals surface area contributed by atoms with E-state index in [1.807, 2.05) is 55.1 Å². The summed E-state index contributed by atoms with van der Waals surface area (Å²) in [5, 5.41) is 1.94. The monoisotopic (exact) mass is 689 g/mol. The van der Waals surface area contributed by atoms with Crippen LogP contribution in [0.2, 0.25) is 0 Å². The van der Waals surface area contributed by atoms with Gasteiger partial charge in [-0.2, -0.15) is 0 Å². The quantitative estimate of drug-likeness (QED) is 0.153. The molecular formula is C37H34N2NaO6S2-. The van der Waals surface area contributed by atoms with Gasteiger partial charge in [-0.3, -0.25) is 0 Å². The molecule has 0 aromatic heterocycles. The number of hydrogen-bond acceptors (Lipinski definition) is 8. The molecule has 48 heavy (non-hydrogen) atoms. The molecule has 8 nitrogen and oxygen atoms in total. The van der Waals surface area contributed by atoms with Crippen molar-refractivity contribution in [2.75, 3.05) is 22.9 Å². The Labute approximate surface area is 304 Å². The Morgan fingerprint density at radius 3 is 1.42 bits per heavy atom. The van der Waals surface area contributed by atoms with Gasteiger partial charge in [-0.05, 0) is 107 Å². The van der Waals surface area contributed by atoms with E-state index >= 15 is 0 Å². The zero-order chi connectivity index (χ0) is 33.8. The third-order valence-electron chi connectivity index (χ3n) is 7.95. The van der Waals surface area contributed by atoms with Gasteiger partial charge in [0.25, 0.3) is 0 Å². The van der Waals surface area contributed by atoms with Gasteiger partial charge in [0.1, 0.15) is 20.2 Å². The smallest absolute Gasteiger partial charge is 0.744 e. The summed E-state index contributed by atoms with van der Waals surface area (Å²) in [7, 11) is -9.02. The van der Waals surface area contributed by atoms with Crippen molar-refractivity contribution in [3.05, 3.63) is 148 Å². The normalized spacial score (nSPS) is 11.4. The van der Waals surface area contributed by atoms with Crippen LogP contribution < -0.4 is 49.8 Å². The summed E-state index contributed by atoms with van der Waals surface area (Å²) in [5.41, 5.74) is 6.62. The van der Waals surface area contributed by atoms with Crippen LogP contribution in [0.15, 0.2) is 131 Å². The first-order valence-corrected chi connectivity index (χ1v) is 17.8. The SMILES string of the molecule is C=c1ccc(=C(c2ccc(N(CC)Cc3ccc(S(=O)(=O)[O-])cc3)cc2)c2ccc(N(CC)c3ccc(S(=O)(=O)[O-])cc3)cc2)cc1.[Na+]. The molecule has 0 atom stereocenters. The van der Waals surface area contributed by atoms with E-state index in [1.165, 1.54) is 24.3 Å². The second-order valence-electron chi connectivity index (χ2n) is 11.0. The van der Waals surface area contributed by atoms with Crippen molar-refractivity contribution in [2.45, 2.75) is 30.2 Å². The number of anilines is 3. The maximum Gasteiger partial charge on any atom is 1.00 e. The molecular weight excluding hydrogens is 656 g/mol. The van der Waals surface area contributed by atoms with E-state index in [2.05, 4.69) is 47.9 Å². The molecule has 0 unspecified atom stereocenters. The molecule has 5 aromatic carbocycles. The molecule has 0 radical (unpaired) electrons. The van der Waals surface area contributed by atoms with Crippen molar-refractivity contribution in [1.82, 2.24) is 0 Å². The van der Waals surface area contributed by atoms with Crippen LogP contribution in [0.5, 0.6) is 0 Å². The molecule has 0 aliphatic rings. The van der Waals surface area contributed by atoms with E-state index in [4.69, 9.17) is 0 Å². The van der Waals surface area contributed by atoms with E-state index in [-0.39, 0.29) is 39.3 Å². The molecule has 5 aromatic rings. The number of rotatable bonds is 11. The van der Waals surface area contributed by atoms with E-state index in [1.54, 1.807) is 24.3 Å². The minimum absolute atomic E-state index is 0. The Morgan fingerprint density at radius 2 is 1.00 bits per heavy atom. The fourth-order valence-corrected chi connectivity index (χ4v) is 6.43. The van der Waals surface area contributed by atoms with E-state index in [0.717, 1.165) is 49.8 Å². The van der Waals surface area contributed by atoms with E-state index in [9.17, 15) is 25.9 Å². The van der Waals surface area contributed by atoms with Gasteiger partial charge in [-0.25, -0.2) is 16.8 Å². The Kier molecular flexibility index (Phi) is 12.1. The molecule has 0 fully saturated rings. The predicted molar refractivity (Wildman–Crippen MR) is 184 cm³/mol. The molecule has 242 valence electrons. The van der Waals surface area contributed by atoms with Gasteiger partial charge in [0.05, 0.1) is 9.79 Å². The van der Waals surface area contributed by atoms with Crippen molar-refractivity contribution < 1.29 is 55.5 Å². The average Bonchev–Trinajstić information content (AvgIpc) is 3.06. The fourth-order valence-electron chi connectivity index (χ4n) is 5.49. The summed E-state index contributed by atoms with van der Waals surface area (Å²) in [6, 6.07) is 36.4. The summed E-state index contributed by atoms with van der Waals surface area (Å²) in [6.45, 7) is 9.96. The van der Waals surface area contributed by atoms with Crippen LogP contribution >= 0.6 is 0 Å². The van der Waals surface area contributed by atoms with E-state index < -0.39 is 20.2 Å². The number of benzene rings is 5. The van der Waals surface area contributed by atoms with Gasteiger partial charge in [0.15, 0.2) is 0 Å². The van der Waals surface area contributed by atoms with Gasteiger partial charge >= 0.3 is 29.6 Å². The van der Waals surface area contributed by atoms with Crippen LogP contribution in [0, 0.1) is 0 Å². The van der Waals surface area contributed by atoms with Crippen molar-refractivity contribution >= 4 is 49.5 Å². The largest absolute Gasteiger partial charge is 1.00 e. The summed E-state index contributed by atoms with van der Waals surface area (Å²) in [6.07, 6.45) is 0. The number of nitrogens with zero attached hydrogens (tertiary/aromatic N) is 2. The predicted octanol–water partition coefficient (Wildman–Crippen LogP) is 2.34. The first-order chi connectivity index (χ1) is 22.4. The van der Waals surface area contributed by atoms with Crippen LogP contribution in [-0.4, -0.2) is 39.0 Å². The summed E-state index contributed by atoms with van der Waals surface area (Å²) in [4.78, 5) is 3.68. The molecule has 0 aliphatic carbocycles. The second kappa shape index (κ2) is 15.7. The van der Waals surface area contributed by atoms with Crippen molar-refractivity contribution in [3.63, 3.8) is 0 Å². The molecule has 0 aliphatic heterocycles. The van der Waals surface area contributed by atoms with E-state index in [0.29, 0.717) is 19.6 Å². The maximum absolute atomic E-state index is 11.4. The number of hydrogen-bond donors (Lipinski definition) is 0. The summed E-state index contributed by atoms with van der Waals surface area (Å²) < 4.78 is 68.1. The molecule has 0 saturated heterocycles. The third-order valence-corrected chi connectivity index (χ3v) is 9.65. The van der Waals surface area contributed by atoms with Crippen molar-refractivity contribution in [3.8, 4) is 0 Å². The zero-order valence-electron chi connectivity index (χ0n) is 27.0. The van der Waals surface area contributed by atoms with Gasteiger partial charge in [0.2, 0.25) is 0 Å².